The molecule has 1 aliphatic heterocycles. The van der Waals surface area contributed by atoms with Gasteiger partial charge >= 0.3 is 0 Å². The zero-order valence-electron chi connectivity index (χ0n) is 17.0. The summed E-state index contributed by atoms with van der Waals surface area (Å²) in [7, 11) is -0.489. The molecule has 1 N–H and O–H groups in total. The molecule has 0 aromatic heterocycles. The van der Waals surface area contributed by atoms with E-state index in [2.05, 4.69) is 5.32 Å². The number of carbonyl (C=O) groups excluding carboxylic acids is 1. The molecule has 0 atom stereocenters. The summed E-state index contributed by atoms with van der Waals surface area (Å²) in [5.74, 6) is 1.89. The third-order valence-corrected chi connectivity index (χ3v) is 5.67. The van der Waals surface area contributed by atoms with Crippen molar-refractivity contribution < 1.29 is 32.2 Å². The van der Waals surface area contributed by atoms with E-state index < -0.39 is 10.0 Å². The number of fused-ring (bicyclic) bond motifs is 1. The van der Waals surface area contributed by atoms with E-state index in [1.165, 1.54) is 18.5 Å². The van der Waals surface area contributed by atoms with Gasteiger partial charge in [0, 0.05) is 30.8 Å². The Morgan fingerprint density at radius 2 is 1.80 bits per heavy atom. The van der Waals surface area contributed by atoms with E-state index in [-0.39, 0.29) is 25.7 Å². The minimum absolute atomic E-state index is 0.105. The van der Waals surface area contributed by atoms with Gasteiger partial charge in [0.05, 0.1) is 26.2 Å². The number of sulfonamides is 1. The van der Waals surface area contributed by atoms with Gasteiger partial charge < -0.3 is 24.3 Å². The summed E-state index contributed by atoms with van der Waals surface area (Å²) < 4.78 is 46.7. The third kappa shape index (κ3) is 5.07. The summed E-state index contributed by atoms with van der Waals surface area (Å²) in [6, 6.07) is 9.99. The molecule has 30 heavy (non-hydrogen) atoms. The van der Waals surface area contributed by atoms with Gasteiger partial charge in [-0.2, -0.15) is 0 Å². The van der Waals surface area contributed by atoms with Crippen molar-refractivity contribution in [3.05, 3.63) is 36.4 Å². The molecule has 0 aliphatic carbocycles. The molecular formula is C20H24N2O7S. The van der Waals surface area contributed by atoms with Gasteiger partial charge in [-0.1, -0.05) is 0 Å². The SMILES string of the molecule is COc1ccc(NC(=O)CCCN(c2ccc3c(c2)OCO3)S(C)(=O)=O)cc1OC. The predicted molar refractivity (Wildman–Crippen MR) is 112 cm³/mol. The zero-order chi connectivity index (χ0) is 21.7. The summed E-state index contributed by atoms with van der Waals surface area (Å²) in [5.41, 5.74) is 1.02. The lowest BCUT2D eigenvalue weighted by atomic mass is 10.2. The number of hydrogen-bond donors (Lipinski definition) is 1. The highest BCUT2D eigenvalue weighted by Crippen LogP contribution is 2.36. The fraction of sp³-hybridized carbons (Fsp3) is 0.350. The first kappa shape index (κ1) is 21.6. The number of benzene rings is 2. The minimum atomic E-state index is -3.53. The summed E-state index contributed by atoms with van der Waals surface area (Å²) in [6.45, 7) is 0.256. The quantitative estimate of drug-likeness (QED) is 0.644. The van der Waals surface area contributed by atoms with Crippen LogP contribution >= 0.6 is 0 Å². The summed E-state index contributed by atoms with van der Waals surface area (Å²) in [5, 5.41) is 2.78. The van der Waals surface area contributed by atoms with Crippen molar-refractivity contribution in [2.24, 2.45) is 0 Å². The van der Waals surface area contributed by atoms with Crippen LogP contribution in [0.3, 0.4) is 0 Å². The van der Waals surface area contributed by atoms with Crippen molar-refractivity contribution >= 4 is 27.3 Å². The number of ether oxygens (including phenoxy) is 4. The van der Waals surface area contributed by atoms with Crippen LogP contribution in [0.1, 0.15) is 12.8 Å². The molecule has 0 unspecified atom stereocenters. The number of rotatable bonds is 9. The molecule has 2 aromatic carbocycles. The molecule has 0 spiro atoms. The normalized spacial score (nSPS) is 12.4. The Kier molecular flexibility index (Phi) is 6.56. The van der Waals surface area contributed by atoms with Crippen molar-refractivity contribution in [2.75, 3.05) is 43.4 Å². The van der Waals surface area contributed by atoms with Crippen LogP contribution in [-0.4, -0.2) is 48.1 Å². The van der Waals surface area contributed by atoms with Crippen LogP contribution in [0.5, 0.6) is 23.0 Å². The molecule has 9 nitrogen and oxygen atoms in total. The lowest BCUT2D eigenvalue weighted by molar-refractivity contribution is -0.116. The second-order valence-electron chi connectivity index (χ2n) is 6.59. The Labute approximate surface area is 175 Å². The highest BCUT2D eigenvalue weighted by Gasteiger charge is 2.21. The van der Waals surface area contributed by atoms with Gasteiger partial charge in [0.2, 0.25) is 22.7 Å². The largest absolute Gasteiger partial charge is 0.493 e. The van der Waals surface area contributed by atoms with Crippen molar-refractivity contribution in [1.29, 1.82) is 0 Å². The van der Waals surface area contributed by atoms with Gasteiger partial charge in [-0.3, -0.25) is 9.10 Å². The van der Waals surface area contributed by atoms with E-state index in [0.29, 0.717) is 40.8 Å². The third-order valence-electron chi connectivity index (χ3n) is 4.48. The second-order valence-corrected chi connectivity index (χ2v) is 8.50. The van der Waals surface area contributed by atoms with E-state index in [9.17, 15) is 13.2 Å². The Morgan fingerprint density at radius 1 is 1.07 bits per heavy atom. The van der Waals surface area contributed by atoms with Crippen LogP contribution < -0.4 is 28.6 Å². The monoisotopic (exact) mass is 436 g/mol. The average molecular weight is 436 g/mol. The number of methoxy groups -OCH3 is 2. The number of nitrogens with one attached hydrogen (secondary N) is 1. The Hall–Kier alpha value is -3.14. The molecule has 162 valence electrons. The Bertz CT molecular complexity index is 1020. The predicted octanol–water partition coefficient (Wildman–Crippen LogP) is 2.62. The molecule has 1 heterocycles. The molecule has 0 saturated heterocycles. The topological polar surface area (TPSA) is 103 Å². The number of carbonyl (C=O) groups is 1. The standard InChI is InChI=1S/C20H24N2O7S/c1-26-16-8-6-14(11-18(16)27-2)21-20(23)5-4-10-22(30(3,24)25)15-7-9-17-19(12-15)29-13-28-17/h6-9,11-12H,4-5,10,13H2,1-3H3,(H,21,23). The lowest BCUT2D eigenvalue weighted by Gasteiger charge is -2.22. The molecule has 3 rings (SSSR count). The fourth-order valence-corrected chi connectivity index (χ4v) is 4.00. The number of anilines is 2. The maximum absolute atomic E-state index is 12.3. The smallest absolute Gasteiger partial charge is 0.232 e. The van der Waals surface area contributed by atoms with E-state index in [1.807, 2.05) is 0 Å². The van der Waals surface area contributed by atoms with Crippen molar-refractivity contribution in [3.63, 3.8) is 0 Å². The van der Waals surface area contributed by atoms with Crippen molar-refractivity contribution in [2.45, 2.75) is 12.8 Å². The summed E-state index contributed by atoms with van der Waals surface area (Å²) in [6.07, 6.45) is 1.60. The highest BCUT2D eigenvalue weighted by molar-refractivity contribution is 7.92. The highest BCUT2D eigenvalue weighted by atomic mass is 32.2. The van der Waals surface area contributed by atoms with E-state index in [1.54, 1.807) is 36.4 Å². The van der Waals surface area contributed by atoms with Gasteiger partial charge in [-0.15, -0.1) is 0 Å². The van der Waals surface area contributed by atoms with E-state index >= 15 is 0 Å². The molecule has 1 aliphatic rings. The minimum Gasteiger partial charge on any atom is -0.493 e. The van der Waals surface area contributed by atoms with Gasteiger partial charge in [0.15, 0.2) is 23.0 Å². The van der Waals surface area contributed by atoms with Gasteiger partial charge in [0.1, 0.15) is 0 Å². The summed E-state index contributed by atoms with van der Waals surface area (Å²) in [4.78, 5) is 12.3. The van der Waals surface area contributed by atoms with E-state index in [0.717, 1.165) is 6.26 Å². The van der Waals surface area contributed by atoms with Crippen LogP contribution in [0, 0.1) is 0 Å². The maximum Gasteiger partial charge on any atom is 0.232 e. The van der Waals surface area contributed by atoms with Crippen LogP contribution in [0.2, 0.25) is 0 Å². The van der Waals surface area contributed by atoms with Crippen LogP contribution in [-0.2, 0) is 14.8 Å². The first-order chi connectivity index (χ1) is 14.3. The lowest BCUT2D eigenvalue weighted by Crippen LogP contribution is -2.31. The molecule has 0 fully saturated rings. The van der Waals surface area contributed by atoms with Gasteiger partial charge in [0.25, 0.3) is 0 Å². The van der Waals surface area contributed by atoms with Crippen LogP contribution in [0.25, 0.3) is 0 Å². The molecule has 0 radical (unpaired) electrons. The molecule has 2 aromatic rings. The first-order valence-electron chi connectivity index (χ1n) is 9.21. The first-order valence-corrected chi connectivity index (χ1v) is 11.1. The molecule has 1 amide bonds. The van der Waals surface area contributed by atoms with Crippen LogP contribution in [0.4, 0.5) is 11.4 Å². The fourth-order valence-electron chi connectivity index (χ4n) is 3.05. The van der Waals surface area contributed by atoms with E-state index in [4.69, 9.17) is 18.9 Å². The van der Waals surface area contributed by atoms with Gasteiger partial charge in [-0.05, 0) is 30.7 Å². The zero-order valence-corrected chi connectivity index (χ0v) is 17.8. The van der Waals surface area contributed by atoms with Crippen molar-refractivity contribution in [3.8, 4) is 23.0 Å². The maximum atomic E-state index is 12.3. The average Bonchev–Trinajstić information content (AvgIpc) is 3.18. The number of hydrogen-bond acceptors (Lipinski definition) is 7. The molecular weight excluding hydrogens is 412 g/mol. The number of amides is 1. The van der Waals surface area contributed by atoms with Gasteiger partial charge in [-0.25, -0.2) is 8.42 Å². The number of nitrogens with zero attached hydrogens (tertiary/aromatic N) is 1. The summed E-state index contributed by atoms with van der Waals surface area (Å²) >= 11 is 0. The van der Waals surface area contributed by atoms with Crippen molar-refractivity contribution in [1.82, 2.24) is 0 Å². The molecule has 0 bridgehead atoms. The second kappa shape index (κ2) is 9.12. The Balaban J connectivity index is 1.61. The van der Waals surface area contributed by atoms with Crippen LogP contribution in [0.15, 0.2) is 36.4 Å². The molecule has 0 saturated carbocycles. The Morgan fingerprint density at radius 3 is 2.50 bits per heavy atom. The molecule has 10 heteroatoms.